The number of likely N-dealkylation sites (N-methyl/N-ethyl adjacent to an activating group) is 1. The third kappa shape index (κ3) is 2.92. The summed E-state index contributed by atoms with van der Waals surface area (Å²) in [4.78, 5) is 26.6. The summed E-state index contributed by atoms with van der Waals surface area (Å²) in [5.74, 6) is -0.508. The smallest absolute Gasteiger partial charge is 0.354 e. The molecule has 1 amide bonds. The van der Waals surface area contributed by atoms with Crippen LogP contribution in [0.4, 0.5) is 5.69 Å². The van der Waals surface area contributed by atoms with Crippen molar-refractivity contribution in [2.24, 2.45) is 0 Å². The minimum atomic E-state index is -0.436. The van der Waals surface area contributed by atoms with Crippen molar-refractivity contribution < 1.29 is 14.3 Å². The lowest BCUT2D eigenvalue weighted by atomic mass is 10.3. The first kappa shape index (κ1) is 16.3. The minimum Gasteiger partial charge on any atom is -0.464 e. The van der Waals surface area contributed by atoms with Crippen LogP contribution in [0, 0.1) is 0 Å². The quantitative estimate of drug-likeness (QED) is 0.666. The first-order valence-corrected chi connectivity index (χ1v) is 8.54. The van der Waals surface area contributed by atoms with Gasteiger partial charge < -0.3 is 14.2 Å². The lowest BCUT2D eigenvalue weighted by Crippen LogP contribution is -2.34. The number of ether oxygens (including phenoxy) is 1. The maximum Gasteiger partial charge on any atom is 0.354 e. The number of hydrogen-bond acceptors (Lipinski definition) is 4. The molecule has 3 aromatic rings. The fraction of sp³-hybridized carbons (Fsp3) is 0.222. The average molecular weight is 342 g/mol. The zero-order valence-corrected chi connectivity index (χ0v) is 14.4. The van der Waals surface area contributed by atoms with E-state index in [4.69, 9.17) is 4.74 Å². The second-order valence-corrected chi connectivity index (χ2v) is 6.20. The molecule has 0 radical (unpaired) electrons. The molecule has 3 rings (SSSR count). The van der Waals surface area contributed by atoms with Crippen LogP contribution < -0.4 is 4.90 Å². The van der Waals surface area contributed by atoms with E-state index >= 15 is 0 Å². The molecular formula is C18H18N2O3S. The van der Waals surface area contributed by atoms with E-state index in [-0.39, 0.29) is 12.5 Å². The summed E-state index contributed by atoms with van der Waals surface area (Å²) >= 11 is 1.53. The van der Waals surface area contributed by atoms with Crippen molar-refractivity contribution in [2.75, 3.05) is 18.6 Å². The van der Waals surface area contributed by atoms with Gasteiger partial charge in [-0.3, -0.25) is 4.79 Å². The SMILES string of the molecule is CCN(C(=O)Cn1c(C(=O)OC)cc2sccc21)c1ccccc1. The van der Waals surface area contributed by atoms with E-state index in [2.05, 4.69) is 0 Å². The van der Waals surface area contributed by atoms with E-state index in [1.165, 1.54) is 18.4 Å². The number of amides is 1. The molecule has 0 N–H and O–H groups in total. The van der Waals surface area contributed by atoms with Gasteiger partial charge in [-0.15, -0.1) is 11.3 Å². The Morgan fingerprint density at radius 2 is 1.96 bits per heavy atom. The van der Waals surface area contributed by atoms with Crippen molar-refractivity contribution in [2.45, 2.75) is 13.5 Å². The van der Waals surface area contributed by atoms with Crippen LogP contribution in [0.3, 0.4) is 0 Å². The first-order valence-electron chi connectivity index (χ1n) is 7.66. The molecule has 6 heteroatoms. The van der Waals surface area contributed by atoms with E-state index < -0.39 is 5.97 Å². The number of methoxy groups -OCH3 is 1. The van der Waals surface area contributed by atoms with Crippen molar-refractivity contribution in [1.29, 1.82) is 0 Å². The number of benzene rings is 1. The van der Waals surface area contributed by atoms with Gasteiger partial charge >= 0.3 is 5.97 Å². The van der Waals surface area contributed by atoms with Crippen LogP contribution >= 0.6 is 11.3 Å². The highest BCUT2D eigenvalue weighted by atomic mass is 32.1. The second kappa shape index (κ2) is 6.88. The lowest BCUT2D eigenvalue weighted by Gasteiger charge is -2.22. The van der Waals surface area contributed by atoms with E-state index in [0.717, 1.165) is 15.9 Å². The van der Waals surface area contributed by atoms with Gasteiger partial charge in [-0.25, -0.2) is 4.79 Å². The van der Waals surface area contributed by atoms with Gasteiger partial charge in [0, 0.05) is 12.2 Å². The normalized spacial score (nSPS) is 10.8. The van der Waals surface area contributed by atoms with Gasteiger partial charge in [0.05, 0.1) is 17.3 Å². The third-order valence-electron chi connectivity index (χ3n) is 3.90. The number of para-hydroxylation sites is 1. The van der Waals surface area contributed by atoms with Crippen LogP contribution in [0.2, 0.25) is 0 Å². The molecular weight excluding hydrogens is 324 g/mol. The highest BCUT2D eigenvalue weighted by Crippen LogP contribution is 2.26. The van der Waals surface area contributed by atoms with E-state index in [0.29, 0.717) is 12.2 Å². The van der Waals surface area contributed by atoms with Crippen molar-refractivity contribution in [1.82, 2.24) is 4.57 Å². The summed E-state index contributed by atoms with van der Waals surface area (Å²) < 4.78 is 7.54. The van der Waals surface area contributed by atoms with Crippen molar-refractivity contribution in [3.05, 3.63) is 53.5 Å². The van der Waals surface area contributed by atoms with Gasteiger partial charge in [0.1, 0.15) is 12.2 Å². The summed E-state index contributed by atoms with van der Waals surface area (Å²) in [6.45, 7) is 2.58. The molecule has 24 heavy (non-hydrogen) atoms. The molecule has 0 bridgehead atoms. The molecule has 0 saturated carbocycles. The molecule has 2 heterocycles. The highest BCUT2D eigenvalue weighted by molar-refractivity contribution is 7.17. The average Bonchev–Trinajstić information content (AvgIpc) is 3.18. The fourth-order valence-corrected chi connectivity index (χ4v) is 3.57. The topological polar surface area (TPSA) is 51.5 Å². The Morgan fingerprint density at radius 3 is 2.62 bits per heavy atom. The Hall–Kier alpha value is -2.60. The molecule has 124 valence electrons. The number of hydrogen-bond donors (Lipinski definition) is 0. The Morgan fingerprint density at radius 1 is 1.21 bits per heavy atom. The second-order valence-electron chi connectivity index (χ2n) is 5.25. The van der Waals surface area contributed by atoms with Crippen molar-refractivity contribution >= 4 is 39.1 Å². The van der Waals surface area contributed by atoms with Crippen LogP contribution in [0.15, 0.2) is 47.8 Å². The van der Waals surface area contributed by atoms with Gasteiger partial charge in [-0.1, -0.05) is 18.2 Å². The van der Waals surface area contributed by atoms with E-state index in [9.17, 15) is 9.59 Å². The zero-order chi connectivity index (χ0) is 17.1. The van der Waals surface area contributed by atoms with Crippen molar-refractivity contribution in [3.8, 4) is 0 Å². The van der Waals surface area contributed by atoms with Gasteiger partial charge in [-0.05, 0) is 36.6 Å². The summed E-state index contributed by atoms with van der Waals surface area (Å²) in [5.41, 5.74) is 2.12. The first-order chi connectivity index (χ1) is 11.7. The molecule has 5 nitrogen and oxygen atoms in total. The highest BCUT2D eigenvalue weighted by Gasteiger charge is 2.21. The number of nitrogens with zero attached hydrogens (tertiary/aromatic N) is 2. The predicted octanol–water partition coefficient (Wildman–Crippen LogP) is 3.54. The summed E-state index contributed by atoms with van der Waals surface area (Å²) in [5, 5.41) is 1.95. The minimum absolute atomic E-state index is 0.0717. The number of carbonyl (C=O) groups excluding carboxylic acids is 2. The number of anilines is 1. The largest absolute Gasteiger partial charge is 0.464 e. The standard InChI is InChI=1S/C18H18N2O3S/c1-3-19(13-7-5-4-6-8-13)17(21)12-20-14-9-10-24-16(14)11-15(20)18(22)23-2/h4-11H,3,12H2,1-2H3. The Bertz CT molecular complexity index is 867. The molecule has 1 aromatic carbocycles. The Balaban J connectivity index is 1.95. The molecule has 0 aliphatic carbocycles. The summed E-state index contributed by atoms with van der Waals surface area (Å²) in [6, 6.07) is 13.2. The monoisotopic (exact) mass is 342 g/mol. The van der Waals surface area contributed by atoms with Gasteiger partial charge in [0.15, 0.2) is 0 Å². The zero-order valence-electron chi connectivity index (χ0n) is 13.6. The van der Waals surface area contributed by atoms with Gasteiger partial charge in [-0.2, -0.15) is 0 Å². The number of fused-ring (bicyclic) bond motifs is 1. The van der Waals surface area contributed by atoms with Gasteiger partial charge in [0.2, 0.25) is 5.91 Å². The van der Waals surface area contributed by atoms with E-state index in [1.807, 2.05) is 48.7 Å². The fourth-order valence-electron chi connectivity index (χ4n) is 2.75. The number of carbonyl (C=O) groups is 2. The molecule has 2 aromatic heterocycles. The number of esters is 1. The Labute approximate surface area is 144 Å². The van der Waals surface area contributed by atoms with Crippen LogP contribution in [-0.4, -0.2) is 30.1 Å². The molecule has 0 aliphatic heterocycles. The lowest BCUT2D eigenvalue weighted by molar-refractivity contribution is -0.119. The maximum atomic E-state index is 12.8. The molecule has 0 saturated heterocycles. The van der Waals surface area contributed by atoms with Crippen LogP contribution in [-0.2, 0) is 16.1 Å². The molecule has 0 unspecified atom stereocenters. The van der Waals surface area contributed by atoms with Crippen LogP contribution in [0.5, 0.6) is 0 Å². The third-order valence-corrected chi connectivity index (χ3v) is 4.75. The summed E-state index contributed by atoms with van der Waals surface area (Å²) in [6.07, 6.45) is 0. The molecule has 0 fully saturated rings. The molecule has 0 spiro atoms. The predicted molar refractivity (Wildman–Crippen MR) is 95.6 cm³/mol. The Kier molecular flexibility index (Phi) is 4.66. The maximum absolute atomic E-state index is 12.8. The van der Waals surface area contributed by atoms with Crippen LogP contribution in [0.25, 0.3) is 10.2 Å². The van der Waals surface area contributed by atoms with Crippen LogP contribution in [0.1, 0.15) is 17.4 Å². The van der Waals surface area contributed by atoms with E-state index in [1.54, 1.807) is 15.5 Å². The molecule has 0 atom stereocenters. The molecule has 0 aliphatic rings. The van der Waals surface area contributed by atoms with Gasteiger partial charge in [0.25, 0.3) is 0 Å². The number of aromatic nitrogens is 1. The summed E-state index contributed by atoms with van der Waals surface area (Å²) in [7, 11) is 1.35. The van der Waals surface area contributed by atoms with Crippen molar-refractivity contribution in [3.63, 3.8) is 0 Å². The number of thiophene rings is 1. The number of rotatable bonds is 5.